The van der Waals surface area contributed by atoms with E-state index in [1.807, 2.05) is 20.0 Å². The van der Waals surface area contributed by atoms with Crippen LogP contribution in [0.5, 0.6) is 0 Å². The SMILES string of the molecule is CCC.CCCC(C)=O.CCCc1c(N2CCNC3(CC3)C2)ccnc1C.CCc1cc2oc(C)nc2c(C)c1F. The van der Waals surface area contributed by atoms with Crippen molar-refractivity contribution in [1.29, 1.82) is 0 Å². The van der Waals surface area contributed by atoms with Gasteiger partial charge in [-0.3, -0.25) is 4.98 Å². The van der Waals surface area contributed by atoms with Gasteiger partial charge in [0, 0.05) is 61.7 Å². The largest absolute Gasteiger partial charge is 0.441 e. The van der Waals surface area contributed by atoms with E-state index in [0.29, 0.717) is 40.1 Å². The van der Waals surface area contributed by atoms with E-state index in [4.69, 9.17) is 4.42 Å². The van der Waals surface area contributed by atoms with Crippen LogP contribution in [0, 0.1) is 26.6 Å². The van der Waals surface area contributed by atoms with Crippen molar-refractivity contribution in [2.24, 2.45) is 0 Å². The zero-order valence-electron chi connectivity index (χ0n) is 27.0. The molecule has 41 heavy (non-hydrogen) atoms. The zero-order valence-corrected chi connectivity index (χ0v) is 27.0. The Morgan fingerprint density at radius 1 is 1.12 bits per heavy atom. The van der Waals surface area contributed by atoms with E-state index in [1.54, 1.807) is 26.8 Å². The van der Waals surface area contributed by atoms with Crippen LogP contribution in [0.25, 0.3) is 11.1 Å². The van der Waals surface area contributed by atoms with Crippen molar-refractivity contribution < 1.29 is 13.6 Å². The zero-order chi connectivity index (χ0) is 30.6. The number of aryl methyl sites for hydroxylation is 4. The van der Waals surface area contributed by atoms with Crippen molar-refractivity contribution in [1.82, 2.24) is 15.3 Å². The second-order valence-electron chi connectivity index (χ2n) is 11.3. The maximum absolute atomic E-state index is 13.7. The highest BCUT2D eigenvalue weighted by atomic mass is 19.1. The first kappa shape index (κ1) is 34.4. The lowest BCUT2D eigenvalue weighted by Gasteiger charge is -2.37. The van der Waals surface area contributed by atoms with E-state index in [1.165, 1.54) is 49.2 Å². The second kappa shape index (κ2) is 16.6. The number of pyridine rings is 1. The first-order valence-electron chi connectivity index (χ1n) is 15.5. The summed E-state index contributed by atoms with van der Waals surface area (Å²) in [6.07, 6.45) is 10.6. The molecule has 228 valence electrons. The second-order valence-corrected chi connectivity index (χ2v) is 11.3. The number of ketones is 1. The number of nitrogens with one attached hydrogen (secondary N) is 1. The molecule has 2 aliphatic rings. The summed E-state index contributed by atoms with van der Waals surface area (Å²) in [5.41, 5.74) is 7.11. The first-order chi connectivity index (χ1) is 19.6. The van der Waals surface area contributed by atoms with E-state index in [9.17, 15) is 9.18 Å². The van der Waals surface area contributed by atoms with E-state index in [2.05, 4.69) is 53.9 Å². The highest BCUT2D eigenvalue weighted by Gasteiger charge is 2.45. The minimum atomic E-state index is -0.159. The first-order valence-corrected chi connectivity index (χ1v) is 15.5. The Morgan fingerprint density at radius 2 is 1.80 bits per heavy atom. The van der Waals surface area contributed by atoms with E-state index >= 15 is 0 Å². The Kier molecular flexibility index (Phi) is 13.9. The fourth-order valence-electron chi connectivity index (χ4n) is 5.07. The summed E-state index contributed by atoms with van der Waals surface area (Å²) in [6.45, 7) is 21.1. The minimum absolute atomic E-state index is 0.159. The molecular weight excluding hydrogens is 515 g/mol. The van der Waals surface area contributed by atoms with Gasteiger partial charge in [0.2, 0.25) is 0 Å². The van der Waals surface area contributed by atoms with Crippen molar-refractivity contribution in [2.75, 3.05) is 24.5 Å². The van der Waals surface area contributed by atoms with Crippen LogP contribution >= 0.6 is 0 Å². The molecule has 1 saturated carbocycles. The summed E-state index contributed by atoms with van der Waals surface area (Å²) in [5.74, 6) is 0.710. The molecule has 0 unspecified atom stereocenters. The number of carbonyl (C=O) groups excluding carboxylic acids is 1. The minimum Gasteiger partial charge on any atom is -0.441 e. The molecule has 0 atom stereocenters. The number of rotatable bonds is 6. The summed E-state index contributed by atoms with van der Waals surface area (Å²) < 4.78 is 19.0. The molecule has 1 saturated heterocycles. The smallest absolute Gasteiger partial charge is 0.192 e. The number of oxazole rings is 1. The van der Waals surface area contributed by atoms with Gasteiger partial charge in [-0.1, -0.05) is 47.5 Å². The lowest BCUT2D eigenvalue weighted by Crippen LogP contribution is -2.52. The summed E-state index contributed by atoms with van der Waals surface area (Å²) >= 11 is 0. The van der Waals surface area contributed by atoms with E-state index in [-0.39, 0.29) is 11.6 Å². The van der Waals surface area contributed by atoms with Gasteiger partial charge in [0.1, 0.15) is 17.1 Å². The molecular formula is C34H53FN4O2. The summed E-state index contributed by atoms with van der Waals surface area (Å²) in [6, 6.07) is 3.94. The average Bonchev–Trinajstić information content (AvgIpc) is 3.56. The number of piperazine rings is 1. The number of hydrogen-bond donors (Lipinski definition) is 1. The van der Waals surface area contributed by atoms with Crippen molar-refractivity contribution in [3.63, 3.8) is 0 Å². The van der Waals surface area contributed by atoms with Gasteiger partial charge in [-0.05, 0) is 76.1 Å². The molecule has 5 rings (SSSR count). The van der Waals surface area contributed by atoms with Crippen LogP contribution in [0.2, 0.25) is 0 Å². The number of benzene rings is 1. The molecule has 1 N–H and O–H groups in total. The number of anilines is 1. The van der Waals surface area contributed by atoms with Crippen LogP contribution in [0.3, 0.4) is 0 Å². The molecule has 2 fully saturated rings. The van der Waals surface area contributed by atoms with Crippen molar-refractivity contribution in [2.45, 2.75) is 119 Å². The Balaban J connectivity index is 0.000000227. The Hall–Kier alpha value is -2.80. The molecule has 0 bridgehead atoms. The lowest BCUT2D eigenvalue weighted by atomic mass is 10.0. The molecule has 7 heteroatoms. The van der Waals surface area contributed by atoms with Crippen molar-refractivity contribution >= 4 is 22.6 Å². The molecule has 1 aromatic carbocycles. The molecule has 0 radical (unpaired) electrons. The Bertz CT molecular complexity index is 1250. The number of fused-ring (bicyclic) bond motifs is 1. The van der Waals surface area contributed by atoms with Gasteiger partial charge in [0.05, 0.1) is 0 Å². The molecule has 2 aromatic heterocycles. The molecule has 1 aliphatic heterocycles. The quantitative estimate of drug-likeness (QED) is 0.323. The molecule has 1 spiro atoms. The maximum Gasteiger partial charge on any atom is 0.192 e. The fourth-order valence-corrected chi connectivity index (χ4v) is 5.07. The molecule has 6 nitrogen and oxygen atoms in total. The van der Waals surface area contributed by atoms with Crippen LogP contribution in [-0.4, -0.2) is 40.9 Å². The van der Waals surface area contributed by atoms with Gasteiger partial charge in [0.15, 0.2) is 11.5 Å². The van der Waals surface area contributed by atoms with Crippen molar-refractivity contribution in [3.05, 3.63) is 52.4 Å². The predicted molar refractivity (Wildman–Crippen MR) is 170 cm³/mol. The van der Waals surface area contributed by atoms with Gasteiger partial charge in [-0.2, -0.15) is 0 Å². The molecule has 3 heterocycles. The normalized spacial score (nSPS) is 14.8. The topological polar surface area (TPSA) is 71.3 Å². The van der Waals surface area contributed by atoms with Gasteiger partial charge in [-0.15, -0.1) is 0 Å². The number of halogens is 1. The highest BCUT2D eigenvalue weighted by molar-refractivity contribution is 5.77. The lowest BCUT2D eigenvalue weighted by molar-refractivity contribution is -0.117. The van der Waals surface area contributed by atoms with Gasteiger partial charge < -0.3 is 19.4 Å². The van der Waals surface area contributed by atoms with E-state index < -0.39 is 0 Å². The van der Waals surface area contributed by atoms with Gasteiger partial charge >= 0.3 is 0 Å². The number of aromatic nitrogens is 2. The summed E-state index contributed by atoms with van der Waals surface area (Å²) in [4.78, 5) is 21.2. The number of carbonyl (C=O) groups is 1. The van der Waals surface area contributed by atoms with Gasteiger partial charge in [-0.25, -0.2) is 9.37 Å². The van der Waals surface area contributed by atoms with Crippen LogP contribution < -0.4 is 10.2 Å². The van der Waals surface area contributed by atoms with Crippen LogP contribution in [0.4, 0.5) is 10.1 Å². The Labute approximate surface area is 247 Å². The van der Waals surface area contributed by atoms with E-state index in [0.717, 1.165) is 32.4 Å². The van der Waals surface area contributed by atoms with Crippen LogP contribution in [0.1, 0.15) is 108 Å². The van der Waals surface area contributed by atoms with Gasteiger partial charge in [0.25, 0.3) is 0 Å². The maximum atomic E-state index is 13.7. The third-order valence-electron chi connectivity index (χ3n) is 7.33. The number of nitrogens with zero attached hydrogens (tertiary/aromatic N) is 3. The number of Topliss-reactive ketones (excluding diaryl/α,β-unsaturated/α-hetero) is 1. The molecule has 1 aliphatic carbocycles. The molecule has 0 amide bonds. The van der Waals surface area contributed by atoms with Crippen LogP contribution in [0.15, 0.2) is 22.7 Å². The Morgan fingerprint density at radius 3 is 2.34 bits per heavy atom. The van der Waals surface area contributed by atoms with Crippen LogP contribution in [-0.2, 0) is 17.6 Å². The average molecular weight is 569 g/mol. The number of hydrogen-bond acceptors (Lipinski definition) is 6. The van der Waals surface area contributed by atoms with Crippen molar-refractivity contribution in [3.8, 4) is 0 Å². The summed E-state index contributed by atoms with van der Waals surface area (Å²) in [7, 11) is 0. The monoisotopic (exact) mass is 568 g/mol. The predicted octanol–water partition coefficient (Wildman–Crippen LogP) is 8.22. The third kappa shape index (κ3) is 9.91. The highest BCUT2D eigenvalue weighted by Crippen LogP contribution is 2.39. The molecule has 3 aromatic rings. The fraction of sp³-hybridized carbons (Fsp3) is 0.618. The summed E-state index contributed by atoms with van der Waals surface area (Å²) in [5, 5.41) is 3.68. The third-order valence-corrected chi connectivity index (χ3v) is 7.33. The standard InChI is InChI=1S/C15H23N3.C11H12FNO.C5H10O.C3H8/c1-3-4-13-12(2)16-8-5-14(13)18-10-9-17-15(11-18)6-7-15;1-4-8-5-9-11(6(2)10(8)12)13-7(3)14-9;1-3-4-5(2)6;1-3-2/h5,8,17H,3-4,6-7,9-11H2,1-2H3;5H,4H2,1-3H3;3-4H2,1-2H3;3H2,1-2H3.